The van der Waals surface area contributed by atoms with Crippen LogP contribution in [0.25, 0.3) is 21.9 Å². The molecule has 0 aliphatic heterocycles. The fourth-order valence-electron chi connectivity index (χ4n) is 4.47. The van der Waals surface area contributed by atoms with Crippen LogP contribution in [0.15, 0.2) is 57.7 Å². The first-order chi connectivity index (χ1) is 17.4. The molecule has 8 heteroatoms. The van der Waals surface area contributed by atoms with E-state index in [9.17, 15) is 14.4 Å². The normalized spacial score (nSPS) is 13.2. The van der Waals surface area contributed by atoms with Crippen LogP contribution in [-0.4, -0.2) is 27.9 Å². The van der Waals surface area contributed by atoms with E-state index in [1.807, 2.05) is 30.3 Å². The number of aromatic nitrogens is 2. The molecule has 2 aromatic carbocycles. The number of pyridine rings is 1. The summed E-state index contributed by atoms with van der Waals surface area (Å²) in [4.78, 5) is 44.0. The van der Waals surface area contributed by atoms with E-state index in [0.717, 1.165) is 18.4 Å². The van der Waals surface area contributed by atoms with Crippen molar-refractivity contribution in [2.24, 2.45) is 0 Å². The number of carbonyl (C=O) groups is 2. The minimum absolute atomic E-state index is 0.0998. The van der Waals surface area contributed by atoms with Crippen molar-refractivity contribution in [1.82, 2.24) is 9.55 Å². The largest absolute Gasteiger partial charge is 0.461 e. The number of halogens is 1. The maximum Gasteiger partial charge on any atom is 0.360 e. The summed E-state index contributed by atoms with van der Waals surface area (Å²) < 4.78 is 12.6. The third-order valence-electron chi connectivity index (χ3n) is 6.29. The Kier molecular flexibility index (Phi) is 6.49. The monoisotopic (exact) mass is 504 g/mol. The summed E-state index contributed by atoms with van der Waals surface area (Å²) in [6.45, 7) is 3.60. The maximum atomic E-state index is 13.7. The van der Waals surface area contributed by atoms with Gasteiger partial charge < -0.3 is 9.15 Å². The summed E-state index contributed by atoms with van der Waals surface area (Å²) in [5.74, 6) is 0.0187. The second kappa shape index (κ2) is 9.74. The van der Waals surface area contributed by atoms with Gasteiger partial charge in [0.1, 0.15) is 12.3 Å². The van der Waals surface area contributed by atoms with Gasteiger partial charge in [-0.25, -0.2) is 9.78 Å². The molecule has 0 unspecified atom stereocenters. The third kappa shape index (κ3) is 4.35. The predicted octanol–water partition coefficient (Wildman–Crippen LogP) is 6.01. The Balaban J connectivity index is 1.76. The number of esters is 1. The Morgan fingerprint density at radius 1 is 1.11 bits per heavy atom. The number of carbonyl (C=O) groups excluding carboxylic acids is 2. The Morgan fingerprint density at radius 3 is 2.53 bits per heavy atom. The van der Waals surface area contributed by atoms with Crippen molar-refractivity contribution in [3.63, 3.8) is 0 Å². The molecule has 1 saturated carbocycles. The fraction of sp³-hybridized carbons (Fsp3) is 0.286. The number of oxazole rings is 1. The number of Topliss-reactive ketones (excluding diaryl/α,β-unsaturated/α-hetero) is 1. The third-order valence-corrected chi connectivity index (χ3v) is 6.52. The van der Waals surface area contributed by atoms with Gasteiger partial charge in [-0.3, -0.25) is 14.2 Å². The number of hydrogen-bond donors (Lipinski definition) is 0. The maximum absolute atomic E-state index is 13.7. The lowest BCUT2D eigenvalue weighted by Gasteiger charge is -2.18. The van der Waals surface area contributed by atoms with Crippen molar-refractivity contribution in [2.75, 3.05) is 6.61 Å². The number of rotatable bonds is 8. The minimum Gasteiger partial charge on any atom is -0.461 e. The number of benzene rings is 2. The van der Waals surface area contributed by atoms with Crippen molar-refractivity contribution in [2.45, 2.75) is 45.6 Å². The molecule has 184 valence electrons. The molecule has 0 atom stereocenters. The van der Waals surface area contributed by atoms with Crippen LogP contribution in [0.4, 0.5) is 0 Å². The first-order valence-electron chi connectivity index (χ1n) is 12.0. The lowest BCUT2D eigenvalue weighted by atomic mass is 9.94. The number of fused-ring (bicyclic) bond motifs is 1. The van der Waals surface area contributed by atoms with Gasteiger partial charge >= 0.3 is 5.97 Å². The molecule has 0 amide bonds. The molecular weight excluding hydrogens is 480 g/mol. The van der Waals surface area contributed by atoms with E-state index in [4.69, 9.17) is 20.8 Å². The Morgan fingerprint density at radius 2 is 1.86 bits per heavy atom. The van der Waals surface area contributed by atoms with E-state index in [0.29, 0.717) is 27.1 Å². The van der Waals surface area contributed by atoms with Crippen LogP contribution in [0.5, 0.6) is 0 Å². The molecular formula is C28H25ClN2O5. The van der Waals surface area contributed by atoms with Gasteiger partial charge in [-0.1, -0.05) is 48.9 Å². The van der Waals surface area contributed by atoms with Crippen LogP contribution in [-0.2, 0) is 11.3 Å². The number of nitrogens with zero attached hydrogens (tertiary/aromatic N) is 2. The first-order valence-corrected chi connectivity index (χ1v) is 12.4. The summed E-state index contributed by atoms with van der Waals surface area (Å²) >= 11 is 6.31. The van der Waals surface area contributed by atoms with Gasteiger partial charge in [0.2, 0.25) is 5.89 Å². The molecule has 1 aliphatic rings. The summed E-state index contributed by atoms with van der Waals surface area (Å²) in [6.07, 6.45) is 1.99. The zero-order chi connectivity index (χ0) is 25.4. The Labute approximate surface area is 212 Å². The average Bonchev–Trinajstić information content (AvgIpc) is 3.64. The average molecular weight is 505 g/mol. The highest BCUT2D eigenvalue weighted by Gasteiger charge is 2.35. The summed E-state index contributed by atoms with van der Waals surface area (Å²) in [6, 6.07) is 14.5. The molecule has 0 saturated heterocycles. The minimum atomic E-state index is -0.551. The molecule has 36 heavy (non-hydrogen) atoms. The first kappa shape index (κ1) is 24.0. The van der Waals surface area contributed by atoms with Crippen LogP contribution in [0.2, 0.25) is 5.02 Å². The van der Waals surface area contributed by atoms with Crippen molar-refractivity contribution in [3.05, 3.63) is 86.9 Å². The van der Waals surface area contributed by atoms with E-state index < -0.39 is 5.97 Å². The van der Waals surface area contributed by atoms with Crippen LogP contribution in [0.3, 0.4) is 0 Å². The van der Waals surface area contributed by atoms with Gasteiger partial charge in [-0.05, 0) is 48.9 Å². The molecule has 7 nitrogen and oxygen atoms in total. The lowest BCUT2D eigenvalue weighted by molar-refractivity contribution is 0.0517. The molecule has 4 aromatic rings. The lowest BCUT2D eigenvalue weighted by Crippen LogP contribution is -2.28. The van der Waals surface area contributed by atoms with Gasteiger partial charge in [-0.15, -0.1) is 0 Å². The van der Waals surface area contributed by atoms with Gasteiger partial charge in [0.15, 0.2) is 11.5 Å². The zero-order valence-corrected chi connectivity index (χ0v) is 20.8. The van der Waals surface area contributed by atoms with Crippen molar-refractivity contribution < 1.29 is 18.7 Å². The van der Waals surface area contributed by atoms with Crippen molar-refractivity contribution in [3.8, 4) is 11.1 Å². The SMILES string of the molecule is CCOC(=O)c1nc(Cn2c(C(=O)CC)c(-c3ccccc3)c3cc(Cl)ccc3c2=O)oc1C1CC1. The summed E-state index contributed by atoms with van der Waals surface area (Å²) in [7, 11) is 0. The molecule has 0 N–H and O–H groups in total. The quantitative estimate of drug-likeness (QED) is 0.216. The second-order valence-corrected chi connectivity index (χ2v) is 9.20. The molecule has 0 bridgehead atoms. The van der Waals surface area contributed by atoms with Gasteiger partial charge in [0.25, 0.3) is 5.56 Å². The molecule has 2 heterocycles. The predicted molar refractivity (Wildman–Crippen MR) is 137 cm³/mol. The van der Waals surface area contributed by atoms with E-state index >= 15 is 0 Å². The molecule has 2 aromatic heterocycles. The highest BCUT2D eigenvalue weighted by atomic mass is 35.5. The highest BCUT2D eigenvalue weighted by Crippen LogP contribution is 2.42. The van der Waals surface area contributed by atoms with E-state index in [1.165, 1.54) is 4.57 Å². The molecule has 0 radical (unpaired) electrons. The second-order valence-electron chi connectivity index (χ2n) is 8.76. The van der Waals surface area contributed by atoms with E-state index in [2.05, 4.69) is 4.98 Å². The van der Waals surface area contributed by atoms with E-state index in [1.54, 1.807) is 32.0 Å². The molecule has 0 spiro atoms. The van der Waals surface area contributed by atoms with Gasteiger partial charge in [-0.2, -0.15) is 0 Å². The van der Waals surface area contributed by atoms with Crippen molar-refractivity contribution >= 4 is 34.1 Å². The Bertz CT molecular complexity index is 1530. The summed E-state index contributed by atoms with van der Waals surface area (Å²) in [5, 5.41) is 1.49. The summed E-state index contributed by atoms with van der Waals surface area (Å²) in [5.41, 5.74) is 1.45. The number of ketones is 1. The number of ether oxygens (including phenoxy) is 1. The molecule has 1 fully saturated rings. The van der Waals surface area contributed by atoms with Crippen LogP contribution < -0.4 is 5.56 Å². The van der Waals surface area contributed by atoms with Crippen LogP contribution in [0, 0.1) is 0 Å². The topological polar surface area (TPSA) is 91.4 Å². The van der Waals surface area contributed by atoms with Crippen LogP contribution in [0.1, 0.15) is 71.7 Å². The fourth-order valence-corrected chi connectivity index (χ4v) is 4.65. The van der Waals surface area contributed by atoms with Crippen molar-refractivity contribution in [1.29, 1.82) is 0 Å². The smallest absolute Gasteiger partial charge is 0.360 e. The zero-order valence-electron chi connectivity index (χ0n) is 20.0. The van der Waals surface area contributed by atoms with Gasteiger partial charge in [0.05, 0.1) is 12.3 Å². The standard InChI is InChI=1S/C28H25ClN2O5/c1-3-21(32)25-23(16-8-6-5-7-9-16)20-14-18(29)12-13-19(20)27(33)31(25)15-22-30-24(28(34)35-4-2)26(36-22)17-10-11-17/h5-9,12-14,17H,3-4,10-11,15H2,1-2H3. The number of hydrogen-bond acceptors (Lipinski definition) is 6. The van der Waals surface area contributed by atoms with Crippen LogP contribution >= 0.6 is 11.6 Å². The Hall–Kier alpha value is -3.71. The highest BCUT2D eigenvalue weighted by molar-refractivity contribution is 6.31. The van der Waals surface area contributed by atoms with Gasteiger partial charge in [0, 0.05) is 28.3 Å². The molecule has 5 rings (SSSR count). The molecule has 1 aliphatic carbocycles. The van der Waals surface area contributed by atoms with E-state index in [-0.39, 0.29) is 54.1 Å².